The summed E-state index contributed by atoms with van der Waals surface area (Å²) in [6.07, 6.45) is 1.66. The lowest BCUT2D eigenvalue weighted by molar-refractivity contribution is 0.518. The van der Waals surface area contributed by atoms with E-state index in [1.54, 1.807) is 22.9 Å². The lowest BCUT2D eigenvalue weighted by atomic mass is 10.0. The number of aromatic nitrogens is 2. The smallest absolute Gasteiger partial charge is 0.406 e. The first kappa shape index (κ1) is 11.9. The molecule has 21 heavy (non-hydrogen) atoms. The van der Waals surface area contributed by atoms with E-state index < -0.39 is 0 Å². The molecule has 2 aromatic carbocycles. The van der Waals surface area contributed by atoms with Crippen LogP contribution < -0.4 is 5.76 Å². The first-order valence-electron chi connectivity index (χ1n) is 6.74. The van der Waals surface area contributed by atoms with Gasteiger partial charge in [0.05, 0.1) is 6.54 Å². The Morgan fingerprint density at radius 2 is 1.86 bits per heavy atom. The minimum Gasteiger partial charge on any atom is -0.406 e. The number of pyridine rings is 1. The van der Waals surface area contributed by atoms with Gasteiger partial charge in [-0.3, -0.25) is 4.57 Å². The summed E-state index contributed by atoms with van der Waals surface area (Å²) in [6.45, 7) is 0.449. The predicted octanol–water partition coefficient (Wildman–Crippen LogP) is 3.19. The summed E-state index contributed by atoms with van der Waals surface area (Å²) in [5.74, 6) is -0.378. The summed E-state index contributed by atoms with van der Waals surface area (Å²) in [5.41, 5.74) is 2.17. The third-order valence-corrected chi connectivity index (χ3v) is 3.63. The normalized spacial score (nSPS) is 11.2. The highest BCUT2D eigenvalue weighted by atomic mass is 16.4. The van der Waals surface area contributed by atoms with Crippen molar-refractivity contribution in [3.63, 3.8) is 0 Å². The minimum atomic E-state index is -0.378. The molecule has 0 saturated carbocycles. The van der Waals surface area contributed by atoms with E-state index in [0.717, 1.165) is 16.3 Å². The maximum atomic E-state index is 12.0. The Bertz CT molecular complexity index is 993. The van der Waals surface area contributed by atoms with E-state index in [0.29, 0.717) is 17.8 Å². The summed E-state index contributed by atoms with van der Waals surface area (Å²) in [5, 5.41) is 2.29. The lowest BCUT2D eigenvalue weighted by Gasteiger charge is -2.06. The van der Waals surface area contributed by atoms with E-state index in [1.165, 1.54) is 0 Å². The summed E-state index contributed by atoms with van der Waals surface area (Å²) < 4.78 is 6.79. The molecule has 4 aromatic rings. The van der Waals surface area contributed by atoms with Gasteiger partial charge in [-0.2, -0.15) is 0 Å². The first-order valence-corrected chi connectivity index (χ1v) is 6.74. The van der Waals surface area contributed by atoms with Crippen molar-refractivity contribution in [3.8, 4) is 0 Å². The van der Waals surface area contributed by atoms with Gasteiger partial charge in [0.15, 0.2) is 11.2 Å². The molecule has 0 saturated heterocycles. The third-order valence-electron chi connectivity index (χ3n) is 3.63. The van der Waals surface area contributed by atoms with Gasteiger partial charge in [-0.15, -0.1) is 0 Å². The van der Waals surface area contributed by atoms with Crippen LogP contribution in [0.2, 0.25) is 0 Å². The topological polar surface area (TPSA) is 48.0 Å². The molecular weight excluding hydrogens is 264 g/mol. The van der Waals surface area contributed by atoms with Gasteiger partial charge in [-0.1, -0.05) is 42.5 Å². The standard InChI is InChI=1S/C17H12N2O2/c20-17-19(16-15(21-17)9-4-10-18-16)11-13-7-3-6-12-5-1-2-8-14(12)13/h1-10H,11H2. The fraction of sp³-hybridized carbons (Fsp3) is 0.0588. The highest BCUT2D eigenvalue weighted by Gasteiger charge is 2.11. The highest BCUT2D eigenvalue weighted by Crippen LogP contribution is 2.20. The molecule has 0 aliphatic heterocycles. The van der Waals surface area contributed by atoms with Crippen LogP contribution >= 0.6 is 0 Å². The van der Waals surface area contributed by atoms with E-state index in [9.17, 15) is 4.79 Å². The van der Waals surface area contributed by atoms with E-state index in [-0.39, 0.29) is 5.76 Å². The first-order chi connectivity index (χ1) is 10.3. The second-order valence-electron chi connectivity index (χ2n) is 4.92. The zero-order chi connectivity index (χ0) is 14.2. The van der Waals surface area contributed by atoms with E-state index in [2.05, 4.69) is 23.2 Å². The van der Waals surface area contributed by atoms with E-state index in [4.69, 9.17) is 4.42 Å². The number of rotatable bonds is 2. The van der Waals surface area contributed by atoms with Gasteiger partial charge in [0.2, 0.25) is 0 Å². The molecule has 2 heterocycles. The van der Waals surface area contributed by atoms with Crippen molar-refractivity contribution < 1.29 is 4.42 Å². The molecule has 0 unspecified atom stereocenters. The van der Waals surface area contributed by atoms with Crippen molar-refractivity contribution in [2.75, 3.05) is 0 Å². The molecule has 0 radical (unpaired) electrons. The van der Waals surface area contributed by atoms with E-state index in [1.807, 2.05) is 24.3 Å². The van der Waals surface area contributed by atoms with Crippen LogP contribution in [-0.2, 0) is 6.54 Å². The molecule has 102 valence electrons. The third kappa shape index (κ3) is 1.92. The number of benzene rings is 2. The van der Waals surface area contributed by atoms with Crippen LogP contribution in [-0.4, -0.2) is 9.55 Å². The van der Waals surface area contributed by atoms with Crippen molar-refractivity contribution in [3.05, 3.63) is 76.9 Å². The number of oxazole rings is 1. The van der Waals surface area contributed by atoms with Gasteiger partial charge in [-0.05, 0) is 28.5 Å². The van der Waals surface area contributed by atoms with Gasteiger partial charge >= 0.3 is 5.76 Å². The minimum absolute atomic E-state index is 0.378. The van der Waals surface area contributed by atoms with Crippen molar-refractivity contribution >= 4 is 22.0 Å². The molecule has 0 fully saturated rings. The van der Waals surface area contributed by atoms with Gasteiger partial charge in [0, 0.05) is 6.20 Å². The molecule has 0 atom stereocenters. The van der Waals surface area contributed by atoms with Crippen molar-refractivity contribution in [2.24, 2.45) is 0 Å². The van der Waals surface area contributed by atoms with Gasteiger partial charge < -0.3 is 4.42 Å². The number of fused-ring (bicyclic) bond motifs is 2. The Kier molecular flexibility index (Phi) is 2.60. The average molecular weight is 276 g/mol. The number of hydrogen-bond donors (Lipinski definition) is 0. The Morgan fingerprint density at radius 3 is 2.81 bits per heavy atom. The van der Waals surface area contributed by atoms with Crippen molar-refractivity contribution in [1.82, 2.24) is 9.55 Å². The predicted molar refractivity (Wildman–Crippen MR) is 81.3 cm³/mol. The van der Waals surface area contributed by atoms with Crippen LogP contribution in [0.1, 0.15) is 5.56 Å². The van der Waals surface area contributed by atoms with Crippen LogP contribution in [0.25, 0.3) is 22.0 Å². The zero-order valence-corrected chi connectivity index (χ0v) is 11.2. The summed E-state index contributed by atoms with van der Waals surface area (Å²) >= 11 is 0. The quantitative estimate of drug-likeness (QED) is 0.565. The van der Waals surface area contributed by atoms with Crippen LogP contribution in [0.5, 0.6) is 0 Å². The van der Waals surface area contributed by atoms with Crippen LogP contribution in [0.3, 0.4) is 0 Å². The molecule has 4 rings (SSSR count). The van der Waals surface area contributed by atoms with E-state index >= 15 is 0 Å². The highest BCUT2D eigenvalue weighted by molar-refractivity contribution is 5.85. The molecule has 0 spiro atoms. The molecule has 0 bridgehead atoms. The molecule has 0 N–H and O–H groups in total. The number of hydrogen-bond acceptors (Lipinski definition) is 3. The van der Waals surface area contributed by atoms with Gasteiger partial charge in [0.25, 0.3) is 0 Å². The summed E-state index contributed by atoms with van der Waals surface area (Å²) in [7, 11) is 0. The molecular formula is C17H12N2O2. The second-order valence-corrected chi connectivity index (χ2v) is 4.92. The Hall–Kier alpha value is -2.88. The molecule has 4 nitrogen and oxygen atoms in total. The Morgan fingerprint density at radius 1 is 1.00 bits per heavy atom. The van der Waals surface area contributed by atoms with Gasteiger partial charge in [-0.25, -0.2) is 9.78 Å². The number of nitrogens with zero attached hydrogens (tertiary/aromatic N) is 2. The lowest BCUT2D eigenvalue weighted by Crippen LogP contribution is -2.15. The fourth-order valence-electron chi connectivity index (χ4n) is 2.64. The van der Waals surface area contributed by atoms with Crippen LogP contribution in [0, 0.1) is 0 Å². The molecule has 4 heteroatoms. The van der Waals surface area contributed by atoms with Crippen molar-refractivity contribution in [1.29, 1.82) is 0 Å². The largest absolute Gasteiger partial charge is 0.421 e. The molecule has 0 aliphatic carbocycles. The zero-order valence-electron chi connectivity index (χ0n) is 11.2. The maximum absolute atomic E-state index is 12.0. The summed E-state index contributed by atoms with van der Waals surface area (Å²) in [4.78, 5) is 16.3. The van der Waals surface area contributed by atoms with Crippen LogP contribution in [0.4, 0.5) is 0 Å². The monoisotopic (exact) mass is 276 g/mol. The SMILES string of the molecule is O=c1oc2cccnc2n1Cc1cccc2ccccc12. The Balaban J connectivity index is 1.91. The molecule has 0 amide bonds. The maximum Gasteiger partial charge on any atom is 0.421 e. The van der Waals surface area contributed by atoms with Crippen LogP contribution in [0.15, 0.2) is 70.0 Å². The van der Waals surface area contributed by atoms with Gasteiger partial charge in [0.1, 0.15) is 0 Å². The molecule has 0 aliphatic rings. The fourth-order valence-corrected chi connectivity index (χ4v) is 2.64. The summed E-state index contributed by atoms with van der Waals surface area (Å²) in [6, 6.07) is 17.7. The molecule has 2 aromatic heterocycles. The average Bonchev–Trinajstić information content (AvgIpc) is 2.84. The van der Waals surface area contributed by atoms with Crippen molar-refractivity contribution in [2.45, 2.75) is 6.54 Å². The Labute approximate surface area is 120 Å². The second kappa shape index (κ2) is 4.59.